The molecular formula is C30H34ClN3O2. The van der Waals surface area contributed by atoms with Crippen LogP contribution in [0.4, 0.5) is 0 Å². The van der Waals surface area contributed by atoms with Gasteiger partial charge in [0.2, 0.25) is 5.91 Å². The lowest BCUT2D eigenvalue weighted by Gasteiger charge is -2.37. The van der Waals surface area contributed by atoms with Gasteiger partial charge in [0.25, 0.3) is 5.91 Å². The average molecular weight is 504 g/mol. The van der Waals surface area contributed by atoms with Crippen LogP contribution < -0.4 is 0 Å². The van der Waals surface area contributed by atoms with Crippen molar-refractivity contribution in [3.8, 4) is 16.9 Å². The van der Waals surface area contributed by atoms with E-state index in [0.717, 1.165) is 53.9 Å². The Balaban J connectivity index is 1.40. The quantitative estimate of drug-likeness (QED) is 0.420. The Morgan fingerprint density at radius 3 is 2.17 bits per heavy atom. The molecule has 0 bridgehead atoms. The monoisotopic (exact) mass is 503 g/mol. The predicted molar refractivity (Wildman–Crippen MR) is 145 cm³/mol. The summed E-state index contributed by atoms with van der Waals surface area (Å²) in [6, 6.07) is 18.1. The number of aryl methyl sites for hydroxylation is 1. The fourth-order valence-electron chi connectivity index (χ4n) is 5.66. The average Bonchev–Trinajstić information content (AvgIpc) is 3.25. The van der Waals surface area contributed by atoms with Gasteiger partial charge >= 0.3 is 0 Å². The second-order valence-electron chi connectivity index (χ2n) is 10.2. The predicted octanol–water partition coefficient (Wildman–Crippen LogP) is 6.28. The first-order chi connectivity index (χ1) is 17.4. The number of aromatic nitrogens is 1. The van der Waals surface area contributed by atoms with Crippen LogP contribution in [0, 0.1) is 19.8 Å². The van der Waals surface area contributed by atoms with Crippen molar-refractivity contribution < 1.29 is 9.59 Å². The van der Waals surface area contributed by atoms with Gasteiger partial charge in [-0.05, 0) is 68.1 Å². The Morgan fingerprint density at radius 1 is 0.833 bits per heavy atom. The number of hydrogen-bond donors (Lipinski definition) is 0. The molecule has 5 nitrogen and oxygen atoms in total. The second kappa shape index (κ2) is 10.5. The lowest BCUT2D eigenvalue weighted by Crippen LogP contribution is -2.52. The van der Waals surface area contributed by atoms with Gasteiger partial charge in [-0.3, -0.25) is 9.59 Å². The number of piperazine rings is 1. The van der Waals surface area contributed by atoms with Crippen LogP contribution in [0.2, 0.25) is 5.02 Å². The third-order valence-electron chi connectivity index (χ3n) is 7.71. The van der Waals surface area contributed by atoms with Gasteiger partial charge in [-0.1, -0.05) is 55.1 Å². The third kappa shape index (κ3) is 4.94. The van der Waals surface area contributed by atoms with Crippen LogP contribution in [0.5, 0.6) is 0 Å². The number of carbonyl (C=O) groups is 2. The molecule has 0 unspecified atom stereocenters. The van der Waals surface area contributed by atoms with E-state index >= 15 is 0 Å². The summed E-state index contributed by atoms with van der Waals surface area (Å²) in [4.78, 5) is 30.6. The molecule has 6 heteroatoms. The molecule has 5 rings (SSSR count). The molecule has 3 aromatic rings. The Morgan fingerprint density at radius 2 is 1.50 bits per heavy atom. The topological polar surface area (TPSA) is 45.6 Å². The Bertz CT molecular complexity index is 1250. The smallest absolute Gasteiger partial charge is 0.255 e. The molecule has 0 radical (unpaired) electrons. The van der Waals surface area contributed by atoms with Crippen molar-refractivity contribution in [2.45, 2.75) is 46.0 Å². The van der Waals surface area contributed by atoms with E-state index in [2.05, 4.69) is 29.7 Å². The summed E-state index contributed by atoms with van der Waals surface area (Å²) in [6.45, 7) is 6.46. The zero-order valence-electron chi connectivity index (χ0n) is 21.2. The molecule has 36 heavy (non-hydrogen) atoms. The highest BCUT2D eigenvalue weighted by Crippen LogP contribution is 2.32. The van der Waals surface area contributed by atoms with E-state index in [9.17, 15) is 9.59 Å². The summed E-state index contributed by atoms with van der Waals surface area (Å²) in [5, 5.41) is 0.682. The fourth-order valence-corrected chi connectivity index (χ4v) is 5.79. The molecule has 0 spiro atoms. The summed E-state index contributed by atoms with van der Waals surface area (Å²) in [6.07, 6.45) is 5.57. The summed E-state index contributed by atoms with van der Waals surface area (Å²) in [7, 11) is 0. The first kappa shape index (κ1) is 24.6. The lowest BCUT2D eigenvalue weighted by molar-refractivity contribution is -0.138. The highest BCUT2D eigenvalue weighted by molar-refractivity contribution is 6.30. The highest BCUT2D eigenvalue weighted by Gasteiger charge is 2.31. The zero-order chi connectivity index (χ0) is 25.2. The molecule has 2 aliphatic rings. The van der Waals surface area contributed by atoms with Gasteiger partial charge in [0, 0.05) is 48.5 Å². The van der Waals surface area contributed by atoms with Crippen molar-refractivity contribution in [2.24, 2.45) is 5.92 Å². The van der Waals surface area contributed by atoms with Gasteiger partial charge in [-0.25, -0.2) is 0 Å². The number of carbonyl (C=O) groups excluding carboxylic acids is 2. The maximum absolute atomic E-state index is 13.7. The molecule has 0 atom stereocenters. The van der Waals surface area contributed by atoms with Crippen molar-refractivity contribution >= 4 is 23.4 Å². The first-order valence-electron chi connectivity index (χ1n) is 13.1. The van der Waals surface area contributed by atoms with E-state index in [-0.39, 0.29) is 17.7 Å². The van der Waals surface area contributed by atoms with Crippen molar-refractivity contribution in [1.82, 2.24) is 14.4 Å². The van der Waals surface area contributed by atoms with Crippen LogP contribution in [0.15, 0.2) is 54.6 Å². The van der Waals surface area contributed by atoms with Crippen molar-refractivity contribution in [3.63, 3.8) is 0 Å². The van der Waals surface area contributed by atoms with Gasteiger partial charge in [-0.15, -0.1) is 0 Å². The van der Waals surface area contributed by atoms with E-state index in [0.29, 0.717) is 36.8 Å². The summed E-state index contributed by atoms with van der Waals surface area (Å²) < 4.78 is 2.16. The van der Waals surface area contributed by atoms with Crippen LogP contribution in [0.25, 0.3) is 16.9 Å². The van der Waals surface area contributed by atoms with Crippen LogP contribution in [0.1, 0.15) is 53.7 Å². The number of halogens is 1. The molecule has 1 saturated carbocycles. The van der Waals surface area contributed by atoms with E-state index in [4.69, 9.17) is 11.6 Å². The molecule has 0 N–H and O–H groups in total. The molecule has 188 valence electrons. The lowest BCUT2D eigenvalue weighted by atomic mass is 9.88. The molecule has 1 saturated heterocycles. The first-order valence-corrected chi connectivity index (χ1v) is 13.4. The van der Waals surface area contributed by atoms with E-state index in [1.54, 1.807) is 0 Å². The van der Waals surface area contributed by atoms with Crippen molar-refractivity contribution in [3.05, 3.63) is 76.4 Å². The van der Waals surface area contributed by atoms with Gasteiger partial charge in [0.1, 0.15) is 0 Å². The third-order valence-corrected chi connectivity index (χ3v) is 7.96. The normalized spacial score (nSPS) is 16.9. The minimum absolute atomic E-state index is 0.0267. The summed E-state index contributed by atoms with van der Waals surface area (Å²) in [5.41, 5.74) is 5.77. The molecule has 2 heterocycles. The number of amides is 2. The summed E-state index contributed by atoms with van der Waals surface area (Å²) >= 11 is 6.15. The van der Waals surface area contributed by atoms with Crippen molar-refractivity contribution in [2.75, 3.05) is 26.2 Å². The number of nitrogens with zero attached hydrogens (tertiary/aromatic N) is 3. The molecule has 1 aromatic heterocycles. The molecule has 1 aliphatic carbocycles. The maximum Gasteiger partial charge on any atom is 0.255 e. The minimum Gasteiger partial charge on any atom is -0.339 e. The Labute approximate surface area is 218 Å². The van der Waals surface area contributed by atoms with Crippen molar-refractivity contribution in [1.29, 1.82) is 0 Å². The minimum atomic E-state index is 0.0267. The molecular weight excluding hydrogens is 470 g/mol. The van der Waals surface area contributed by atoms with E-state index in [1.165, 1.54) is 6.42 Å². The SMILES string of the molecule is Cc1cccc(-n2c(-c3ccc(Cl)cc3)cc(C(=O)N3CCN(C(=O)C4CCCCC4)CC3)c2C)c1. The van der Waals surface area contributed by atoms with E-state index < -0.39 is 0 Å². The zero-order valence-corrected chi connectivity index (χ0v) is 21.9. The Hall–Kier alpha value is -3.05. The highest BCUT2D eigenvalue weighted by atomic mass is 35.5. The molecule has 2 amide bonds. The fraction of sp³-hybridized carbons (Fsp3) is 0.400. The second-order valence-corrected chi connectivity index (χ2v) is 10.6. The molecule has 1 aliphatic heterocycles. The van der Waals surface area contributed by atoms with E-state index in [1.807, 2.05) is 53.1 Å². The van der Waals surface area contributed by atoms with Gasteiger partial charge in [-0.2, -0.15) is 0 Å². The number of rotatable bonds is 4. The molecule has 2 aromatic carbocycles. The van der Waals surface area contributed by atoms with Gasteiger partial charge in [0.05, 0.1) is 11.3 Å². The molecule has 2 fully saturated rings. The van der Waals surface area contributed by atoms with Crippen LogP contribution >= 0.6 is 11.6 Å². The number of benzene rings is 2. The number of hydrogen-bond acceptors (Lipinski definition) is 2. The van der Waals surface area contributed by atoms with Crippen LogP contribution in [-0.2, 0) is 4.79 Å². The largest absolute Gasteiger partial charge is 0.339 e. The maximum atomic E-state index is 13.7. The van der Waals surface area contributed by atoms with Crippen LogP contribution in [-0.4, -0.2) is 52.4 Å². The van der Waals surface area contributed by atoms with Gasteiger partial charge in [0.15, 0.2) is 0 Å². The van der Waals surface area contributed by atoms with Gasteiger partial charge < -0.3 is 14.4 Å². The summed E-state index contributed by atoms with van der Waals surface area (Å²) in [5.74, 6) is 0.487. The standard InChI is InChI=1S/C30H34ClN3O2/c1-21-7-6-10-26(19-21)34-22(2)27(20-28(34)23-11-13-25(31)14-12-23)30(36)33-17-15-32(16-18-33)29(35)24-8-4-3-5-9-24/h6-7,10-14,19-20,24H,3-5,8-9,15-18H2,1-2H3. The Kier molecular flexibility index (Phi) is 7.20. The van der Waals surface area contributed by atoms with Crippen LogP contribution in [0.3, 0.4) is 0 Å².